The molecular weight excluding hydrogens is 324 g/mol. The van der Waals surface area contributed by atoms with Gasteiger partial charge < -0.3 is 10.2 Å². The third-order valence-corrected chi connectivity index (χ3v) is 5.56. The van der Waals surface area contributed by atoms with Gasteiger partial charge >= 0.3 is 0 Å². The van der Waals surface area contributed by atoms with Gasteiger partial charge in [0.2, 0.25) is 0 Å². The van der Waals surface area contributed by atoms with Crippen LogP contribution in [0.15, 0.2) is 30.5 Å². The first-order valence-electron chi connectivity index (χ1n) is 9.64. The number of carbonyl (C=O) groups is 1. The highest BCUT2D eigenvalue weighted by Gasteiger charge is 2.29. The second-order valence-corrected chi connectivity index (χ2v) is 8.48. The summed E-state index contributed by atoms with van der Waals surface area (Å²) in [6.07, 6.45) is 5.14. The van der Waals surface area contributed by atoms with Gasteiger partial charge in [0.25, 0.3) is 5.91 Å². The lowest BCUT2D eigenvalue weighted by Gasteiger charge is -2.23. The fraction of sp³-hybridized carbons (Fsp3) is 0.524. The van der Waals surface area contributed by atoms with Crippen molar-refractivity contribution in [3.63, 3.8) is 0 Å². The summed E-state index contributed by atoms with van der Waals surface area (Å²) in [6, 6.07) is 8.72. The molecule has 1 amide bonds. The molecule has 0 radical (unpaired) electrons. The molecule has 1 unspecified atom stereocenters. The van der Waals surface area contributed by atoms with Gasteiger partial charge in [-0.05, 0) is 54.5 Å². The van der Waals surface area contributed by atoms with Crippen molar-refractivity contribution < 1.29 is 4.79 Å². The number of anilines is 1. The van der Waals surface area contributed by atoms with Crippen LogP contribution >= 0.6 is 0 Å². The van der Waals surface area contributed by atoms with E-state index in [0.717, 1.165) is 44.6 Å². The normalized spacial score (nSPS) is 20.3. The highest BCUT2D eigenvalue weighted by atomic mass is 16.2. The SMILES string of the molecule is CC(C)(C)c1ccc2c(c1)CCN2C(=O)c1ccn(C2CCCNC2)n1. The van der Waals surface area contributed by atoms with Gasteiger partial charge in [0, 0.05) is 25.0 Å². The smallest absolute Gasteiger partial charge is 0.278 e. The van der Waals surface area contributed by atoms with Crippen LogP contribution in [0.2, 0.25) is 0 Å². The largest absolute Gasteiger partial charge is 0.315 e. The van der Waals surface area contributed by atoms with E-state index in [1.165, 1.54) is 11.1 Å². The minimum absolute atomic E-state index is 0.00905. The maximum Gasteiger partial charge on any atom is 0.278 e. The van der Waals surface area contributed by atoms with Crippen molar-refractivity contribution in [1.82, 2.24) is 15.1 Å². The number of rotatable bonds is 2. The Morgan fingerprint density at radius 3 is 2.85 bits per heavy atom. The molecule has 5 nitrogen and oxygen atoms in total. The van der Waals surface area contributed by atoms with Crippen LogP contribution in [0.25, 0.3) is 0 Å². The van der Waals surface area contributed by atoms with E-state index in [1.54, 1.807) is 0 Å². The van der Waals surface area contributed by atoms with Crippen molar-refractivity contribution >= 4 is 11.6 Å². The van der Waals surface area contributed by atoms with Crippen LogP contribution in [-0.4, -0.2) is 35.3 Å². The molecule has 26 heavy (non-hydrogen) atoms. The highest BCUT2D eigenvalue weighted by molar-refractivity contribution is 6.06. The van der Waals surface area contributed by atoms with Crippen LogP contribution < -0.4 is 10.2 Å². The molecule has 2 aliphatic heterocycles. The fourth-order valence-corrected chi connectivity index (χ4v) is 3.93. The van der Waals surface area contributed by atoms with Crippen LogP contribution in [-0.2, 0) is 11.8 Å². The average molecular weight is 352 g/mol. The van der Waals surface area contributed by atoms with Crippen LogP contribution in [0, 0.1) is 0 Å². The van der Waals surface area contributed by atoms with Gasteiger partial charge in [-0.3, -0.25) is 9.48 Å². The number of nitrogens with zero attached hydrogens (tertiary/aromatic N) is 3. The van der Waals surface area contributed by atoms with Gasteiger partial charge in [-0.2, -0.15) is 5.10 Å². The van der Waals surface area contributed by atoms with Crippen molar-refractivity contribution in [3.8, 4) is 0 Å². The second kappa shape index (κ2) is 6.54. The Morgan fingerprint density at radius 1 is 1.27 bits per heavy atom. The predicted octanol–water partition coefficient (Wildman–Crippen LogP) is 3.31. The van der Waals surface area contributed by atoms with Crippen LogP contribution in [0.1, 0.15) is 61.3 Å². The van der Waals surface area contributed by atoms with Gasteiger partial charge in [0.15, 0.2) is 5.69 Å². The molecule has 0 aliphatic carbocycles. The maximum absolute atomic E-state index is 13.0. The minimum Gasteiger partial charge on any atom is -0.315 e. The van der Waals surface area contributed by atoms with Crippen molar-refractivity contribution in [2.75, 3.05) is 24.5 Å². The van der Waals surface area contributed by atoms with Gasteiger partial charge in [0.1, 0.15) is 0 Å². The molecular formula is C21H28N4O. The minimum atomic E-state index is 0.00905. The molecule has 2 aliphatic rings. The zero-order valence-electron chi connectivity index (χ0n) is 16.0. The third-order valence-electron chi connectivity index (χ3n) is 5.56. The lowest BCUT2D eigenvalue weighted by Crippen LogP contribution is -2.32. The summed E-state index contributed by atoms with van der Waals surface area (Å²) in [6.45, 7) is 9.40. The van der Waals surface area contributed by atoms with E-state index < -0.39 is 0 Å². The number of benzene rings is 1. The Morgan fingerprint density at radius 2 is 2.12 bits per heavy atom. The zero-order chi connectivity index (χ0) is 18.3. The summed E-state index contributed by atoms with van der Waals surface area (Å²) in [4.78, 5) is 14.9. The summed E-state index contributed by atoms with van der Waals surface area (Å²) in [5, 5.41) is 7.99. The first-order chi connectivity index (χ1) is 12.4. The number of aromatic nitrogens is 2. The van der Waals surface area contributed by atoms with Gasteiger partial charge in [0.05, 0.1) is 6.04 Å². The Bertz CT molecular complexity index is 812. The van der Waals surface area contributed by atoms with Crippen LogP contribution in [0.5, 0.6) is 0 Å². The predicted molar refractivity (Wildman–Crippen MR) is 104 cm³/mol. The molecule has 0 bridgehead atoms. The number of piperidine rings is 1. The Hall–Kier alpha value is -2.14. The molecule has 1 N–H and O–H groups in total. The van der Waals surface area contributed by atoms with E-state index in [4.69, 9.17) is 0 Å². The molecule has 3 heterocycles. The summed E-state index contributed by atoms with van der Waals surface area (Å²) < 4.78 is 1.96. The summed E-state index contributed by atoms with van der Waals surface area (Å²) in [5.74, 6) is 0.00905. The Kier molecular flexibility index (Phi) is 4.35. The maximum atomic E-state index is 13.0. The van der Waals surface area contributed by atoms with E-state index >= 15 is 0 Å². The highest BCUT2D eigenvalue weighted by Crippen LogP contribution is 2.33. The second-order valence-electron chi connectivity index (χ2n) is 8.48. The molecule has 5 heteroatoms. The third kappa shape index (κ3) is 3.16. The molecule has 1 saturated heterocycles. The summed E-state index contributed by atoms with van der Waals surface area (Å²) in [7, 11) is 0. The van der Waals surface area contributed by atoms with Gasteiger partial charge in [-0.15, -0.1) is 0 Å². The lowest BCUT2D eigenvalue weighted by atomic mass is 9.86. The molecule has 1 aromatic heterocycles. The molecule has 1 atom stereocenters. The van der Waals surface area contributed by atoms with Gasteiger partial charge in [-0.25, -0.2) is 0 Å². The number of carbonyl (C=O) groups excluding carboxylic acids is 1. The van der Waals surface area contributed by atoms with E-state index in [-0.39, 0.29) is 11.3 Å². The Labute approximate surface area is 155 Å². The number of nitrogens with one attached hydrogen (secondary N) is 1. The molecule has 1 aromatic carbocycles. The first kappa shape index (κ1) is 17.3. The van der Waals surface area contributed by atoms with Crippen molar-refractivity contribution in [2.24, 2.45) is 0 Å². The molecule has 0 saturated carbocycles. The molecule has 2 aromatic rings. The van der Waals surface area contributed by atoms with Crippen LogP contribution in [0.3, 0.4) is 0 Å². The summed E-state index contributed by atoms with van der Waals surface area (Å²) >= 11 is 0. The van der Waals surface area contributed by atoms with E-state index in [0.29, 0.717) is 11.7 Å². The number of hydrogen-bond acceptors (Lipinski definition) is 3. The van der Waals surface area contributed by atoms with E-state index in [9.17, 15) is 4.79 Å². The van der Waals surface area contributed by atoms with Gasteiger partial charge in [-0.1, -0.05) is 32.9 Å². The van der Waals surface area contributed by atoms with Crippen molar-refractivity contribution in [3.05, 3.63) is 47.3 Å². The quantitative estimate of drug-likeness (QED) is 0.902. The first-order valence-corrected chi connectivity index (χ1v) is 9.64. The Balaban J connectivity index is 1.55. The van der Waals surface area contributed by atoms with Crippen LogP contribution in [0.4, 0.5) is 5.69 Å². The molecule has 0 spiro atoms. The molecule has 1 fully saturated rings. The number of hydrogen-bond donors (Lipinski definition) is 1. The fourth-order valence-electron chi connectivity index (χ4n) is 3.93. The van der Waals surface area contributed by atoms with E-state index in [1.807, 2.05) is 21.8 Å². The lowest BCUT2D eigenvalue weighted by molar-refractivity contribution is 0.0983. The standard InChI is InChI=1S/C21H28N4O/c1-21(2,3)16-6-7-19-15(13-16)8-11-24(19)20(26)18-9-12-25(23-18)17-5-4-10-22-14-17/h6-7,9,12-13,17,22H,4-5,8,10-11,14H2,1-3H3. The van der Waals surface area contributed by atoms with Crippen molar-refractivity contribution in [1.29, 1.82) is 0 Å². The number of fused-ring (bicyclic) bond motifs is 1. The number of amides is 1. The monoisotopic (exact) mass is 352 g/mol. The topological polar surface area (TPSA) is 50.2 Å². The molecule has 138 valence electrons. The molecule has 4 rings (SSSR count). The van der Waals surface area contributed by atoms with E-state index in [2.05, 4.69) is 49.4 Å². The summed E-state index contributed by atoms with van der Waals surface area (Å²) in [5.41, 5.74) is 4.29. The zero-order valence-corrected chi connectivity index (χ0v) is 16.0. The van der Waals surface area contributed by atoms with Crippen molar-refractivity contribution in [2.45, 2.75) is 51.5 Å². The average Bonchev–Trinajstić information content (AvgIpc) is 3.28.